The molecule has 4 rings (SSSR count). The van der Waals surface area contributed by atoms with Crippen molar-refractivity contribution in [1.29, 1.82) is 0 Å². The number of hydrogen-bond acceptors (Lipinski definition) is 3. The van der Waals surface area contributed by atoms with Gasteiger partial charge in [0.1, 0.15) is 6.54 Å². The maximum atomic E-state index is 13.4. The molecule has 0 aliphatic heterocycles. The van der Waals surface area contributed by atoms with E-state index in [2.05, 4.69) is 27.9 Å². The number of sulfonamides is 1. The van der Waals surface area contributed by atoms with E-state index in [1.54, 1.807) is 36.4 Å². The van der Waals surface area contributed by atoms with Crippen molar-refractivity contribution in [2.45, 2.75) is 4.90 Å². The highest BCUT2D eigenvalue weighted by Crippen LogP contribution is 2.26. The van der Waals surface area contributed by atoms with E-state index in [0.29, 0.717) is 11.4 Å². The lowest BCUT2D eigenvalue weighted by molar-refractivity contribution is -0.114. The molecule has 0 saturated carbocycles. The van der Waals surface area contributed by atoms with Crippen molar-refractivity contribution < 1.29 is 13.2 Å². The van der Waals surface area contributed by atoms with Crippen LogP contribution in [0.4, 0.5) is 11.4 Å². The van der Waals surface area contributed by atoms with Gasteiger partial charge in [-0.05, 0) is 70.4 Å². The number of nitrogens with zero attached hydrogens (tertiary/aromatic N) is 1. The molecule has 5 nitrogen and oxygen atoms in total. The number of halogens is 1. The molecule has 4 aromatic carbocycles. The maximum Gasteiger partial charge on any atom is 0.264 e. The molecule has 0 unspecified atom stereocenters. The molecule has 0 aliphatic rings. The van der Waals surface area contributed by atoms with E-state index in [0.717, 1.165) is 18.6 Å². The minimum absolute atomic E-state index is 0.131. The second kappa shape index (κ2) is 9.07. The third-order valence-corrected chi connectivity index (χ3v) is 7.30. The number of nitrogens with one attached hydrogen (secondary N) is 1. The average molecular weight is 542 g/mol. The summed E-state index contributed by atoms with van der Waals surface area (Å²) in [7, 11) is -3.93. The Labute approximate surface area is 194 Å². The second-order valence-electron chi connectivity index (χ2n) is 6.88. The fourth-order valence-electron chi connectivity index (χ4n) is 3.30. The zero-order valence-electron chi connectivity index (χ0n) is 16.4. The Morgan fingerprint density at radius 3 is 2.19 bits per heavy atom. The molecule has 0 heterocycles. The lowest BCUT2D eigenvalue weighted by Crippen LogP contribution is -2.38. The van der Waals surface area contributed by atoms with Crippen LogP contribution in [-0.2, 0) is 14.8 Å². The van der Waals surface area contributed by atoms with Gasteiger partial charge in [0.15, 0.2) is 0 Å². The Hall–Kier alpha value is -2.91. The zero-order chi connectivity index (χ0) is 21.8. The van der Waals surface area contributed by atoms with E-state index in [9.17, 15) is 13.2 Å². The molecule has 7 heteroatoms. The van der Waals surface area contributed by atoms with Crippen molar-refractivity contribution in [3.8, 4) is 0 Å². The topological polar surface area (TPSA) is 66.5 Å². The number of fused-ring (bicyclic) bond motifs is 1. The van der Waals surface area contributed by atoms with Crippen molar-refractivity contribution in [2.24, 2.45) is 0 Å². The predicted molar refractivity (Wildman–Crippen MR) is 133 cm³/mol. The first-order valence-corrected chi connectivity index (χ1v) is 12.1. The van der Waals surface area contributed by atoms with Gasteiger partial charge in [-0.2, -0.15) is 0 Å². The van der Waals surface area contributed by atoms with Crippen LogP contribution in [-0.4, -0.2) is 20.9 Å². The summed E-state index contributed by atoms with van der Waals surface area (Å²) in [5.41, 5.74) is 1.07. The molecule has 0 fully saturated rings. The van der Waals surface area contributed by atoms with Gasteiger partial charge < -0.3 is 5.32 Å². The fourth-order valence-corrected chi connectivity index (χ4v) is 5.10. The van der Waals surface area contributed by atoms with Gasteiger partial charge in [-0.25, -0.2) is 8.42 Å². The van der Waals surface area contributed by atoms with Crippen LogP contribution >= 0.6 is 22.6 Å². The summed E-state index contributed by atoms with van der Waals surface area (Å²) >= 11 is 2.15. The Balaban J connectivity index is 1.67. The van der Waals surface area contributed by atoms with E-state index >= 15 is 0 Å². The van der Waals surface area contributed by atoms with Gasteiger partial charge in [0.2, 0.25) is 5.91 Å². The Bertz CT molecular complexity index is 1320. The molecule has 0 aliphatic carbocycles. The van der Waals surface area contributed by atoms with Crippen LogP contribution in [0.15, 0.2) is 102 Å². The average Bonchev–Trinajstić information content (AvgIpc) is 2.79. The van der Waals surface area contributed by atoms with Gasteiger partial charge in [-0.3, -0.25) is 9.10 Å². The number of carbonyl (C=O) groups is 1. The summed E-state index contributed by atoms with van der Waals surface area (Å²) < 4.78 is 28.8. The minimum atomic E-state index is -3.93. The molecule has 0 spiro atoms. The summed E-state index contributed by atoms with van der Waals surface area (Å²) in [5.74, 6) is -0.422. The highest BCUT2D eigenvalue weighted by molar-refractivity contribution is 14.1. The normalized spacial score (nSPS) is 11.3. The smallest absolute Gasteiger partial charge is 0.264 e. The highest BCUT2D eigenvalue weighted by atomic mass is 127. The Kier molecular flexibility index (Phi) is 6.24. The van der Waals surface area contributed by atoms with Crippen LogP contribution in [0.3, 0.4) is 0 Å². The first-order valence-electron chi connectivity index (χ1n) is 9.56. The van der Waals surface area contributed by atoms with Gasteiger partial charge in [-0.1, -0.05) is 54.6 Å². The molecular formula is C24H19IN2O3S. The second-order valence-corrected chi connectivity index (χ2v) is 9.98. The van der Waals surface area contributed by atoms with Crippen LogP contribution in [0.2, 0.25) is 0 Å². The molecule has 0 atom stereocenters. The molecule has 156 valence electrons. The summed E-state index contributed by atoms with van der Waals surface area (Å²) in [4.78, 5) is 13.1. The molecule has 1 N–H and O–H groups in total. The molecule has 0 radical (unpaired) electrons. The summed E-state index contributed by atoms with van der Waals surface area (Å²) in [6.45, 7) is -0.346. The van der Waals surface area contributed by atoms with E-state index in [1.807, 2.05) is 48.5 Å². The molecule has 0 aromatic heterocycles. The van der Waals surface area contributed by atoms with E-state index in [4.69, 9.17) is 0 Å². The van der Waals surface area contributed by atoms with Crippen molar-refractivity contribution in [1.82, 2.24) is 0 Å². The first-order chi connectivity index (χ1) is 14.9. The molecular weight excluding hydrogens is 523 g/mol. The number of hydrogen-bond donors (Lipinski definition) is 1. The molecule has 0 saturated heterocycles. The first kappa shape index (κ1) is 21.3. The van der Waals surface area contributed by atoms with Gasteiger partial charge in [0, 0.05) is 14.6 Å². The third kappa shape index (κ3) is 4.72. The van der Waals surface area contributed by atoms with Crippen LogP contribution in [0.25, 0.3) is 10.8 Å². The Morgan fingerprint density at radius 2 is 1.45 bits per heavy atom. The molecule has 31 heavy (non-hydrogen) atoms. The number of carbonyl (C=O) groups excluding carboxylic acids is 1. The number of anilines is 2. The number of benzene rings is 4. The number of rotatable bonds is 6. The van der Waals surface area contributed by atoms with Gasteiger partial charge in [0.05, 0.1) is 10.6 Å². The molecule has 0 bridgehead atoms. The predicted octanol–water partition coefficient (Wildman–Crippen LogP) is 5.28. The third-order valence-electron chi connectivity index (χ3n) is 4.80. The van der Waals surface area contributed by atoms with Crippen LogP contribution in [0.1, 0.15) is 0 Å². The summed E-state index contributed by atoms with van der Waals surface area (Å²) in [6, 6.07) is 28.5. The maximum absolute atomic E-state index is 13.4. The quantitative estimate of drug-likeness (QED) is 0.338. The lowest BCUT2D eigenvalue weighted by atomic mass is 10.1. The largest absolute Gasteiger partial charge is 0.324 e. The summed E-state index contributed by atoms with van der Waals surface area (Å²) in [6.07, 6.45) is 0. The van der Waals surface area contributed by atoms with E-state index in [-0.39, 0.29) is 11.4 Å². The number of amides is 1. The van der Waals surface area contributed by atoms with Crippen molar-refractivity contribution in [2.75, 3.05) is 16.2 Å². The molecule has 1 amide bonds. The lowest BCUT2D eigenvalue weighted by Gasteiger charge is -2.24. The Morgan fingerprint density at radius 1 is 0.806 bits per heavy atom. The minimum Gasteiger partial charge on any atom is -0.324 e. The van der Waals surface area contributed by atoms with Crippen LogP contribution in [0, 0.1) is 3.57 Å². The van der Waals surface area contributed by atoms with Crippen molar-refractivity contribution >= 4 is 60.7 Å². The van der Waals surface area contributed by atoms with Crippen LogP contribution < -0.4 is 9.62 Å². The molecule has 4 aromatic rings. The highest BCUT2D eigenvalue weighted by Gasteiger charge is 2.27. The van der Waals surface area contributed by atoms with Gasteiger partial charge >= 0.3 is 0 Å². The van der Waals surface area contributed by atoms with Gasteiger partial charge in [-0.15, -0.1) is 0 Å². The van der Waals surface area contributed by atoms with Crippen LogP contribution in [0.5, 0.6) is 0 Å². The van der Waals surface area contributed by atoms with Crippen molar-refractivity contribution in [3.63, 3.8) is 0 Å². The van der Waals surface area contributed by atoms with E-state index < -0.39 is 15.9 Å². The monoisotopic (exact) mass is 542 g/mol. The fraction of sp³-hybridized carbons (Fsp3) is 0.0417. The summed E-state index contributed by atoms with van der Waals surface area (Å²) in [5, 5.41) is 4.76. The standard InChI is InChI=1S/C24H19IN2O3S/c25-19-13-15-20(16-14-19)27(31(29,30)21-9-2-1-3-10-21)17-24(28)26-23-12-6-8-18-7-4-5-11-22(18)23/h1-16H,17H2,(H,26,28). The van der Waals surface area contributed by atoms with Crippen molar-refractivity contribution in [3.05, 3.63) is 101 Å². The SMILES string of the molecule is O=C(CN(c1ccc(I)cc1)S(=O)(=O)c1ccccc1)Nc1cccc2ccccc12. The van der Waals surface area contributed by atoms with Gasteiger partial charge in [0.25, 0.3) is 10.0 Å². The zero-order valence-corrected chi connectivity index (χ0v) is 19.4. The van der Waals surface area contributed by atoms with E-state index in [1.165, 1.54) is 12.1 Å².